The number of carbonyl (C=O) groups excluding carboxylic acids is 2. The number of benzene rings is 3. The molecule has 0 aliphatic rings. The Labute approximate surface area is 212 Å². The Kier molecular flexibility index (Phi) is 8.93. The molecule has 0 unspecified atom stereocenters. The maximum absolute atomic E-state index is 13.8. The number of ether oxygens (including phenoxy) is 1. The van der Waals surface area contributed by atoms with Crippen molar-refractivity contribution in [3.8, 4) is 5.75 Å². The quantitative estimate of drug-likeness (QED) is 0.425. The van der Waals surface area contributed by atoms with Gasteiger partial charge in [0.1, 0.15) is 18.3 Å². The second-order valence-corrected chi connectivity index (χ2v) is 10.4. The van der Waals surface area contributed by atoms with Crippen molar-refractivity contribution in [2.75, 3.05) is 30.8 Å². The third kappa shape index (κ3) is 6.34. The highest BCUT2D eigenvalue weighted by Gasteiger charge is 2.32. The summed E-state index contributed by atoms with van der Waals surface area (Å²) in [5.41, 5.74) is 1.18. The van der Waals surface area contributed by atoms with Gasteiger partial charge in [-0.3, -0.25) is 13.9 Å². The molecule has 0 radical (unpaired) electrons. The number of hydrogen-bond acceptors (Lipinski definition) is 5. The summed E-state index contributed by atoms with van der Waals surface area (Å²) < 4.78 is 32.2. The number of rotatable bonds is 11. The summed E-state index contributed by atoms with van der Waals surface area (Å²) in [4.78, 5) is 28.1. The van der Waals surface area contributed by atoms with E-state index in [0.717, 1.165) is 21.5 Å². The number of amides is 2. The number of fused-ring (bicyclic) bond motifs is 1. The lowest BCUT2D eigenvalue weighted by Crippen LogP contribution is -2.52. The van der Waals surface area contributed by atoms with Gasteiger partial charge in [-0.15, -0.1) is 0 Å². The van der Waals surface area contributed by atoms with Crippen molar-refractivity contribution in [3.63, 3.8) is 0 Å². The number of nitrogens with one attached hydrogen (secondary N) is 1. The number of likely N-dealkylation sites (N-methyl/N-ethyl adjacent to an activating group) is 1. The molecule has 1 atom stereocenters. The van der Waals surface area contributed by atoms with Gasteiger partial charge >= 0.3 is 0 Å². The summed E-state index contributed by atoms with van der Waals surface area (Å²) in [7, 11) is -2.26. The van der Waals surface area contributed by atoms with Gasteiger partial charge in [0.05, 0.1) is 19.1 Å². The van der Waals surface area contributed by atoms with E-state index in [-0.39, 0.29) is 12.5 Å². The van der Waals surface area contributed by atoms with E-state index in [0.29, 0.717) is 29.8 Å². The summed E-state index contributed by atoms with van der Waals surface area (Å²) in [6.07, 6.45) is 1.45. The highest BCUT2D eigenvalue weighted by atomic mass is 32.2. The van der Waals surface area contributed by atoms with Crippen LogP contribution in [0.25, 0.3) is 10.8 Å². The van der Waals surface area contributed by atoms with Crippen LogP contribution in [0.2, 0.25) is 0 Å². The van der Waals surface area contributed by atoms with Crippen molar-refractivity contribution < 1.29 is 22.7 Å². The average Bonchev–Trinajstić information content (AvgIpc) is 2.86. The normalized spacial score (nSPS) is 12.1. The summed E-state index contributed by atoms with van der Waals surface area (Å²) in [5, 5.41) is 4.37. The zero-order valence-electron chi connectivity index (χ0n) is 21.1. The van der Waals surface area contributed by atoms with E-state index in [9.17, 15) is 18.0 Å². The Morgan fingerprint density at radius 2 is 1.69 bits per heavy atom. The van der Waals surface area contributed by atoms with Crippen LogP contribution in [-0.4, -0.2) is 57.6 Å². The predicted octanol–water partition coefficient (Wildman–Crippen LogP) is 3.56. The van der Waals surface area contributed by atoms with Gasteiger partial charge < -0.3 is 15.0 Å². The maximum Gasteiger partial charge on any atom is 0.244 e. The molecule has 0 bridgehead atoms. The lowest BCUT2D eigenvalue weighted by Gasteiger charge is -2.33. The Hall–Kier alpha value is -3.59. The minimum Gasteiger partial charge on any atom is -0.497 e. The molecule has 3 aromatic rings. The highest BCUT2D eigenvalue weighted by molar-refractivity contribution is 7.92. The van der Waals surface area contributed by atoms with Crippen molar-refractivity contribution >= 4 is 38.3 Å². The SMILES string of the molecule is CCNC(=O)[C@@H](CC)N(Cc1cccc(OC)c1)C(=O)CN(c1cccc2ccccc12)S(C)(=O)=O. The monoisotopic (exact) mass is 511 g/mol. The minimum absolute atomic E-state index is 0.124. The molecule has 36 heavy (non-hydrogen) atoms. The Morgan fingerprint density at radius 1 is 1.00 bits per heavy atom. The Balaban J connectivity index is 2.03. The third-order valence-electron chi connectivity index (χ3n) is 5.94. The third-order valence-corrected chi connectivity index (χ3v) is 7.06. The molecule has 192 valence electrons. The first kappa shape index (κ1) is 27.0. The number of hydrogen-bond donors (Lipinski definition) is 1. The van der Waals surface area contributed by atoms with E-state index in [1.165, 1.54) is 4.90 Å². The van der Waals surface area contributed by atoms with Gasteiger partial charge in [0.2, 0.25) is 21.8 Å². The molecular formula is C27H33N3O5S. The van der Waals surface area contributed by atoms with Gasteiger partial charge in [0, 0.05) is 18.5 Å². The lowest BCUT2D eigenvalue weighted by molar-refractivity contribution is -0.140. The van der Waals surface area contributed by atoms with Crippen LogP contribution in [0.4, 0.5) is 5.69 Å². The molecule has 0 heterocycles. The molecule has 1 N–H and O–H groups in total. The second-order valence-electron chi connectivity index (χ2n) is 8.46. The molecule has 0 aromatic heterocycles. The van der Waals surface area contributed by atoms with Gasteiger partial charge in [0.15, 0.2) is 0 Å². The van der Waals surface area contributed by atoms with Crippen LogP contribution >= 0.6 is 0 Å². The average molecular weight is 512 g/mol. The van der Waals surface area contributed by atoms with Crippen LogP contribution in [0, 0.1) is 0 Å². The first-order chi connectivity index (χ1) is 17.2. The van der Waals surface area contributed by atoms with Crippen LogP contribution in [0.5, 0.6) is 5.75 Å². The van der Waals surface area contributed by atoms with Crippen molar-refractivity contribution in [2.45, 2.75) is 32.9 Å². The van der Waals surface area contributed by atoms with Crippen molar-refractivity contribution in [1.29, 1.82) is 0 Å². The number of nitrogens with zero attached hydrogens (tertiary/aromatic N) is 2. The van der Waals surface area contributed by atoms with Crippen molar-refractivity contribution in [1.82, 2.24) is 10.2 Å². The minimum atomic E-state index is -3.82. The van der Waals surface area contributed by atoms with Gasteiger partial charge in [-0.1, -0.05) is 55.5 Å². The molecule has 8 nitrogen and oxygen atoms in total. The molecule has 0 saturated heterocycles. The number of methoxy groups -OCH3 is 1. The van der Waals surface area contributed by atoms with Crippen molar-refractivity contribution in [3.05, 3.63) is 72.3 Å². The zero-order valence-corrected chi connectivity index (χ0v) is 21.9. The molecule has 9 heteroatoms. The van der Waals surface area contributed by atoms with E-state index in [2.05, 4.69) is 5.32 Å². The Morgan fingerprint density at radius 3 is 2.36 bits per heavy atom. The summed E-state index contributed by atoms with van der Waals surface area (Å²) in [6.45, 7) is 3.74. The summed E-state index contributed by atoms with van der Waals surface area (Å²) in [5.74, 6) is -0.138. The largest absolute Gasteiger partial charge is 0.497 e. The molecule has 2 amide bonds. The number of sulfonamides is 1. The summed E-state index contributed by atoms with van der Waals surface area (Å²) >= 11 is 0. The van der Waals surface area contributed by atoms with Crippen LogP contribution in [0.15, 0.2) is 66.7 Å². The van der Waals surface area contributed by atoms with Crippen LogP contribution in [-0.2, 0) is 26.2 Å². The van der Waals surface area contributed by atoms with E-state index in [4.69, 9.17) is 4.74 Å². The second kappa shape index (κ2) is 11.9. The summed E-state index contributed by atoms with van der Waals surface area (Å²) in [6, 6.07) is 19.2. The first-order valence-electron chi connectivity index (χ1n) is 11.8. The zero-order chi connectivity index (χ0) is 26.3. The van der Waals surface area contributed by atoms with Gasteiger partial charge in [-0.05, 0) is 42.5 Å². The van der Waals surface area contributed by atoms with Crippen molar-refractivity contribution in [2.24, 2.45) is 0 Å². The smallest absolute Gasteiger partial charge is 0.244 e. The molecular weight excluding hydrogens is 478 g/mol. The Bertz CT molecular complexity index is 1320. The molecule has 3 rings (SSSR count). The maximum atomic E-state index is 13.8. The van der Waals surface area contributed by atoms with E-state index >= 15 is 0 Å². The first-order valence-corrected chi connectivity index (χ1v) is 13.7. The fraction of sp³-hybridized carbons (Fsp3) is 0.333. The van der Waals surface area contributed by atoms with Gasteiger partial charge in [0.25, 0.3) is 0 Å². The van der Waals surface area contributed by atoms with Crippen LogP contribution in [0.1, 0.15) is 25.8 Å². The number of carbonyl (C=O) groups is 2. The topological polar surface area (TPSA) is 96.0 Å². The molecule has 0 saturated carbocycles. The molecule has 0 spiro atoms. The van der Waals surface area contributed by atoms with E-state index < -0.39 is 28.5 Å². The van der Waals surface area contributed by atoms with Crippen LogP contribution < -0.4 is 14.4 Å². The van der Waals surface area contributed by atoms with Crippen LogP contribution in [0.3, 0.4) is 0 Å². The lowest BCUT2D eigenvalue weighted by atomic mass is 10.1. The highest BCUT2D eigenvalue weighted by Crippen LogP contribution is 2.29. The van der Waals surface area contributed by atoms with Gasteiger partial charge in [-0.25, -0.2) is 8.42 Å². The number of anilines is 1. The van der Waals surface area contributed by atoms with E-state index in [1.54, 1.807) is 31.4 Å². The predicted molar refractivity (Wildman–Crippen MR) is 142 cm³/mol. The molecule has 0 aliphatic carbocycles. The fourth-order valence-corrected chi connectivity index (χ4v) is 5.06. The molecule has 3 aromatic carbocycles. The fourth-order valence-electron chi connectivity index (χ4n) is 4.20. The van der Waals surface area contributed by atoms with Gasteiger partial charge in [-0.2, -0.15) is 0 Å². The standard InChI is InChI=1S/C27H33N3O5S/c1-5-24(27(32)28-6-2)29(18-20-11-9-14-22(17-20)35-3)26(31)19-30(36(4,33)34)25-16-10-13-21-12-7-8-15-23(21)25/h7-17,24H,5-6,18-19H2,1-4H3,(H,28,32)/t24-/m1/s1. The molecule has 0 fully saturated rings. The molecule has 0 aliphatic heterocycles. The van der Waals surface area contributed by atoms with E-state index in [1.807, 2.05) is 56.3 Å².